The average Bonchev–Trinajstić information content (AvgIpc) is 2.55. The van der Waals surface area contributed by atoms with Crippen molar-refractivity contribution in [2.75, 3.05) is 20.7 Å². The maximum Gasteiger partial charge on any atom is 0.130 e. The molecular formula is C18H20N2O. The summed E-state index contributed by atoms with van der Waals surface area (Å²) in [5.41, 5.74) is 4.19. The summed E-state index contributed by atoms with van der Waals surface area (Å²) >= 11 is 0. The van der Waals surface area contributed by atoms with Crippen LogP contribution in [0.3, 0.4) is 0 Å². The predicted molar refractivity (Wildman–Crippen MR) is 85.4 cm³/mol. The van der Waals surface area contributed by atoms with Gasteiger partial charge in [0, 0.05) is 5.56 Å². The van der Waals surface area contributed by atoms with Gasteiger partial charge < -0.3 is 10.1 Å². The highest BCUT2D eigenvalue weighted by molar-refractivity contribution is 5.72. The Hall–Kier alpha value is -2.31. The summed E-state index contributed by atoms with van der Waals surface area (Å²) in [6.07, 6.45) is 2.17. The van der Waals surface area contributed by atoms with E-state index >= 15 is 0 Å². The summed E-state index contributed by atoms with van der Waals surface area (Å²) in [4.78, 5) is 0. The van der Waals surface area contributed by atoms with Crippen molar-refractivity contribution < 1.29 is 4.74 Å². The molecule has 0 unspecified atom stereocenters. The number of nitrogens with one attached hydrogen (secondary N) is 1. The molecule has 3 rings (SSSR count). The van der Waals surface area contributed by atoms with Gasteiger partial charge in [0.25, 0.3) is 0 Å². The Morgan fingerprint density at radius 3 is 2.48 bits per heavy atom. The van der Waals surface area contributed by atoms with E-state index in [1.54, 1.807) is 0 Å². The number of aryl methyl sites for hydroxylation is 1. The average molecular weight is 280 g/mol. The second kappa shape index (κ2) is 7.47. The van der Waals surface area contributed by atoms with Gasteiger partial charge in [0.2, 0.25) is 0 Å². The van der Waals surface area contributed by atoms with Gasteiger partial charge in [0.15, 0.2) is 0 Å². The van der Waals surface area contributed by atoms with Gasteiger partial charge >= 0.3 is 0 Å². The Kier molecular flexibility index (Phi) is 5.36. The fourth-order valence-corrected chi connectivity index (χ4v) is 2.34. The minimum absolute atomic E-state index is 0.685. The summed E-state index contributed by atoms with van der Waals surface area (Å²) in [6.45, 7) is 0.792. The molecule has 1 N–H and O–H groups in total. The van der Waals surface area contributed by atoms with Crippen LogP contribution in [0.25, 0.3) is 11.1 Å². The normalized spacial score (nSPS) is 12.2. The van der Waals surface area contributed by atoms with Crippen molar-refractivity contribution in [3.8, 4) is 22.9 Å². The number of hydrogen-bond acceptors (Lipinski definition) is 3. The van der Waals surface area contributed by atoms with E-state index in [0.717, 1.165) is 36.3 Å². The topological polar surface area (TPSA) is 45.0 Å². The molecular weight excluding hydrogens is 260 g/mol. The molecule has 0 radical (unpaired) electrons. The number of nitriles is 1. The Balaban J connectivity index is 0.000000497. The molecule has 0 aliphatic carbocycles. The van der Waals surface area contributed by atoms with Crippen LogP contribution in [0.2, 0.25) is 0 Å². The molecule has 3 heteroatoms. The lowest BCUT2D eigenvalue weighted by Gasteiger charge is -2.20. The molecule has 0 atom stereocenters. The van der Waals surface area contributed by atoms with Crippen LogP contribution in [0.4, 0.5) is 0 Å². The Morgan fingerprint density at radius 1 is 1.10 bits per heavy atom. The standard InChI is InChI=1S/C16H13NO.C2H7N/c17-11-12-6-8-13(9-7-12)15-5-1-3-14-4-2-10-18-16(14)15;1-3-2/h1,3,5-9H,2,4,10H2;3H,1-2H3. The van der Waals surface area contributed by atoms with Gasteiger partial charge in [-0.05, 0) is 50.2 Å². The number of benzene rings is 2. The Bertz CT molecular complexity index is 627. The van der Waals surface area contributed by atoms with Crippen molar-refractivity contribution in [2.24, 2.45) is 0 Å². The monoisotopic (exact) mass is 280 g/mol. The van der Waals surface area contributed by atoms with Crippen molar-refractivity contribution in [1.29, 1.82) is 5.26 Å². The number of ether oxygens (including phenoxy) is 1. The highest BCUT2D eigenvalue weighted by Crippen LogP contribution is 2.36. The largest absolute Gasteiger partial charge is 0.493 e. The molecule has 1 aliphatic heterocycles. The molecule has 0 saturated heterocycles. The SMILES string of the molecule is CNC.N#Cc1ccc(-c2cccc3c2OCCC3)cc1. The number of fused-ring (bicyclic) bond motifs is 1. The minimum Gasteiger partial charge on any atom is -0.493 e. The summed E-state index contributed by atoms with van der Waals surface area (Å²) < 4.78 is 5.80. The van der Waals surface area contributed by atoms with E-state index in [-0.39, 0.29) is 0 Å². The molecule has 0 fully saturated rings. The van der Waals surface area contributed by atoms with Crippen LogP contribution in [0, 0.1) is 11.3 Å². The van der Waals surface area contributed by atoms with E-state index in [1.807, 2.05) is 38.4 Å². The summed E-state index contributed by atoms with van der Waals surface area (Å²) in [7, 11) is 3.75. The quantitative estimate of drug-likeness (QED) is 0.871. The predicted octanol–water partition coefficient (Wildman–Crippen LogP) is 3.39. The van der Waals surface area contributed by atoms with E-state index in [2.05, 4.69) is 29.6 Å². The van der Waals surface area contributed by atoms with Gasteiger partial charge in [0.05, 0.1) is 18.2 Å². The lowest BCUT2D eigenvalue weighted by molar-refractivity contribution is 0.289. The second-order valence-electron chi connectivity index (χ2n) is 4.93. The lowest BCUT2D eigenvalue weighted by Crippen LogP contribution is -2.09. The van der Waals surface area contributed by atoms with Crippen LogP contribution in [-0.4, -0.2) is 20.7 Å². The molecule has 0 bridgehead atoms. The first-order valence-electron chi connectivity index (χ1n) is 7.14. The van der Waals surface area contributed by atoms with Gasteiger partial charge in [-0.2, -0.15) is 5.26 Å². The molecule has 0 amide bonds. The third kappa shape index (κ3) is 3.62. The number of hydrogen-bond donors (Lipinski definition) is 1. The number of para-hydroxylation sites is 1. The second-order valence-corrected chi connectivity index (χ2v) is 4.93. The van der Waals surface area contributed by atoms with E-state index in [4.69, 9.17) is 10.00 Å². The van der Waals surface area contributed by atoms with E-state index in [0.29, 0.717) is 5.56 Å². The molecule has 2 aromatic carbocycles. The molecule has 2 aromatic rings. The Labute approximate surface area is 126 Å². The van der Waals surface area contributed by atoms with E-state index in [1.165, 1.54) is 5.56 Å². The zero-order valence-electron chi connectivity index (χ0n) is 12.5. The number of nitrogens with zero attached hydrogens (tertiary/aromatic N) is 1. The van der Waals surface area contributed by atoms with Gasteiger partial charge in [0.1, 0.15) is 5.75 Å². The molecule has 3 nitrogen and oxygen atoms in total. The van der Waals surface area contributed by atoms with Gasteiger partial charge in [-0.1, -0.05) is 30.3 Å². The zero-order chi connectivity index (χ0) is 15.1. The van der Waals surface area contributed by atoms with Crippen LogP contribution in [-0.2, 0) is 6.42 Å². The Morgan fingerprint density at radius 2 is 1.81 bits per heavy atom. The summed E-state index contributed by atoms with van der Waals surface area (Å²) in [5, 5.41) is 11.6. The van der Waals surface area contributed by atoms with Crippen molar-refractivity contribution in [1.82, 2.24) is 5.32 Å². The first-order valence-corrected chi connectivity index (χ1v) is 7.14. The van der Waals surface area contributed by atoms with Crippen LogP contribution in [0.5, 0.6) is 5.75 Å². The van der Waals surface area contributed by atoms with Crippen molar-refractivity contribution in [2.45, 2.75) is 12.8 Å². The molecule has 0 aromatic heterocycles. The maximum atomic E-state index is 8.82. The molecule has 0 spiro atoms. The highest BCUT2D eigenvalue weighted by atomic mass is 16.5. The van der Waals surface area contributed by atoms with Crippen LogP contribution in [0.1, 0.15) is 17.5 Å². The third-order valence-corrected chi connectivity index (χ3v) is 3.26. The van der Waals surface area contributed by atoms with E-state index in [9.17, 15) is 0 Å². The van der Waals surface area contributed by atoms with Gasteiger partial charge in [-0.15, -0.1) is 0 Å². The maximum absolute atomic E-state index is 8.82. The van der Waals surface area contributed by atoms with Crippen molar-refractivity contribution in [3.05, 3.63) is 53.6 Å². The smallest absolute Gasteiger partial charge is 0.130 e. The van der Waals surface area contributed by atoms with Gasteiger partial charge in [-0.3, -0.25) is 0 Å². The van der Waals surface area contributed by atoms with Crippen LogP contribution in [0.15, 0.2) is 42.5 Å². The third-order valence-electron chi connectivity index (χ3n) is 3.26. The molecule has 1 aliphatic rings. The summed E-state index contributed by atoms with van der Waals surface area (Å²) in [5.74, 6) is 1.01. The first kappa shape index (κ1) is 15.1. The number of rotatable bonds is 1. The molecule has 0 saturated carbocycles. The van der Waals surface area contributed by atoms with E-state index < -0.39 is 0 Å². The summed E-state index contributed by atoms with van der Waals surface area (Å²) in [6, 6.07) is 16.1. The van der Waals surface area contributed by atoms with Crippen molar-refractivity contribution >= 4 is 0 Å². The van der Waals surface area contributed by atoms with Crippen molar-refractivity contribution in [3.63, 3.8) is 0 Å². The fraction of sp³-hybridized carbons (Fsp3) is 0.278. The van der Waals surface area contributed by atoms with Crippen LogP contribution < -0.4 is 10.1 Å². The molecule has 1 heterocycles. The fourth-order valence-electron chi connectivity index (χ4n) is 2.34. The lowest BCUT2D eigenvalue weighted by atomic mass is 9.97. The minimum atomic E-state index is 0.685. The first-order chi connectivity index (χ1) is 10.3. The van der Waals surface area contributed by atoms with Gasteiger partial charge in [-0.25, -0.2) is 0 Å². The zero-order valence-corrected chi connectivity index (χ0v) is 12.5. The molecule has 108 valence electrons. The van der Waals surface area contributed by atoms with Crippen LogP contribution >= 0.6 is 0 Å². The highest BCUT2D eigenvalue weighted by Gasteiger charge is 2.15. The molecule has 21 heavy (non-hydrogen) atoms.